The summed E-state index contributed by atoms with van der Waals surface area (Å²) in [7, 11) is 1.61. The number of carbonyl (C=O) groups excluding carboxylic acids is 1. The molecule has 2 aromatic rings. The Hall–Kier alpha value is -2.69. The smallest absolute Gasteiger partial charge is 0.338 e. The van der Waals surface area contributed by atoms with Crippen LogP contribution in [0.1, 0.15) is 32.0 Å². The molecule has 1 aromatic heterocycles. The van der Waals surface area contributed by atoms with E-state index < -0.39 is 11.9 Å². The number of carbonyl (C=O) groups is 2. The number of carboxylic acid groups (broad SMARTS) is 1. The van der Waals surface area contributed by atoms with Crippen LogP contribution in [0.15, 0.2) is 36.5 Å². The molecule has 0 saturated carbocycles. The molecule has 21 heavy (non-hydrogen) atoms. The highest BCUT2D eigenvalue weighted by Gasteiger charge is 2.21. The molecule has 2 rings (SSSR count). The molecule has 0 saturated heterocycles. The number of aryl methyl sites for hydroxylation is 2. The summed E-state index contributed by atoms with van der Waals surface area (Å²) in [5.41, 5.74) is 2.61. The lowest BCUT2D eigenvalue weighted by Gasteiger charge is -2.19. The number of aromatic nitrogens is 1. The Kier molecular flexibility index (Phi) is 4.03. The lowest BCUT2D eigenvalue weighted by molar-refractivity contribution is 0.0691. The normalized spacial score (nSPS) is 10.2. The highest BCUT2D eigenvalue weighted by molar-refractivity contribution is 6.10. The Morgan fingerprint density at radius 2 is 1.76 bits per heavy atom. The van der Waals surface area contributed by atoms with Gasteiger partial charge in [-0.1, -0.05) is 6.07 Å². The van der Waals surface area contributed by atoms with E-state index in [1.54, 1.807) is 7.05 Å². The predicted octanol–water partition coefficient (Wildman–Crippen LogP) is 2.67. The number of nitrogens with zero attached hydrogens (tertiary/aromatic N) is 2. The molecular weight excluding hydrogens is 268 g/mol. The van der Waals surface area contributed by atoms with Crippen LogP contribution in [0.3, 0.4) is 0 Å². The summed E-state index contributed by atoms with van der Waals surface area (Å²) in [5, 5.41) is 9.14. The average Bonchev–Trinajstić information content (AvgIpc) is 2.44. The number of hydrogen-bond donors (Lipinski definition) is 1. The molecule has 0 radical (unpaired) electrons. The van der Waals surface area contributed by atoms with Crippen molar-refractivity contribution in [3.63, 3.8) is 0 Å². The number of pyridine rings is 1. The van der Waals surface area contributed by atoms with Gasteiger partial charge in [-0.2, -0.15) is 0 Å². The fraction of sp³-hybridized carbons (Fsp3) is 0.188. The van der Waals surface area contributed by atoms with Crippen molar-refractivity contribution in [2.24, 2.45) is 0 Å². The van der Waals surface area contributed by atoms with Crippen molar-refractivity contribution in [1.82, 2.24) is 4.98 Å². The Morgan fingerprint density at radius 1 is 1.14 bits per heavy atom. The van der Waals surface area contributed by atoms with Gasteiger partial charge < -0.3 is 10.0 Å². The summed E-state index contributed by atoms with van der Waals surface area (Å²) in [6.07, 6.45) is 1.41. The minimum Gasteiger partial charge on any atom is -0.478 e. The Morgan fingerprint density at radius 3 is 2.33 bits per heavy atom. The van der Waals surface area contributed by atoms with Crippen LogP contribution >= 0.6 is 0 Å². The molecular formula is C16H16N2O3. The zero-order valence-corrected chi connectivity index (χ0v) is 12.1. The number of carboxylic acids is 1. The van der Waals surface area contributed by atoms with Crippen LogP contribution in [-0.4, -0.2) is 29.0 Å². The van der Waals surface area contributed by atoms with E-state index in [0.29, 0.717) is 5.69 Å². The van der Waals surface area contributed by atoms with Crippen molar-refractivity contribution < 1.29 is 14.7 Å². The minimum atomic E-state index is -1.17. The van der Waals surface area contributed by atoms with E-state index >= 15 is 0 Å². The molecule has 1 aromatic carbocycles. The van der Waals surface area contributed by atoms with Gasteiger partial charge in [-0.25, -0.2) is 4.79 Å². The number of rotatable bonds is 3. The van der Waals surface area contributed by atoms with Crippen molar-refractivity contribution in [3.8, 4) is 0 Å². The number of aromatic carboxylic acids is 1. The van der Waals surface area contributed by atoms with Gasteiger partial charge in [0, 0.05) is 18.9 Å². The van der Waals surface area contributed by atoms with Crippen molar-refractivity contribution in [2.45, 2.75) is 13.8 Å². The molecule has 0 unspecified atom stereocenters. The maximum atomic E-state index is 12.5. The highest BCUT2D eigenvalue weighted by Crippen LogP contribution is 2.20. The molecule has 5 heteroatoms. The monoisotopic (exact) mass is 284 g/mol. The fourth-order valence-electron chi connectivity index (χ4n) is 2.17. The molecule has 1 N–H and O–H groups in total. The van der Waals surface area contributed by atoms with Crippen LogP contribution in [0.2, 0.25) is 0 Å². The van der Waals surface area contributed by atoms with Gasteiger partial charge in [0.25, 0.3) is 5.91 Å². The first-order valence-electron chi connectivity index (χ1n) is 6.45. The largest absolute Gasteiger partial charge is 0.478 e. The summed E-state index contributed by atoms with van der Waals surface area (Å²) in [5.74, 6) is -1.61. The molecule has 0 aliphatic rings. The van der Waals surface area contributed by atoms with Gasteiger partial charge >= 0.3 is 5.97 Å². The first kappa shape index (κ1) is 14.7. The fourth-order valence-corrected chi connectivity index (χ4v) is 2.17. The van der Waals surface area contributed by atoms with Crippen LogP contribution < -0.4 is 4.90 Å². The van der Waals surface area contributed by atoms with Crippen LogP contribution in [0.25, 0.3) is 0 Å². The summed E-state index contributed by atoms with van der Waals surface area (Å²) >= 11 is 0. The van der Waals surface area contributed by atoms with Gasteiger partial charge in [0.1, 0.15) is 5.69 Å². The predicted molar refractivity (Wildman–Crippen MR) is 79.8 cm³/mol. The maximum absolute atomic E-state index is 12.5. The number of benzene rings is 1. The average molecular weight is 284 g/mol. The van der Waals surface area contributed by atoms with Crippen LogP contribution in [0, 0.1) is 13.8 Å². The van der Waals surface area contributed by atoms with Crippen molar-refractivity contribution >= 4 is 17.6 Å². The van der Waals surface area contributed by atoms with E-state index in [-0.39, 0.29) is 11.3 Å². The molecule has 0 bridgehead atoms. The molecule has 108 valence electrons. The maximum Gasteiger partial charge on any atom is 0.338 e. The Balaban J connectivity index is 2.42. The summed E-state index contributed by atoms with van der Waals surface area (Å²) in [4.78, 5) is 29.0. The van der Waals surface area contributed by atoms with E-state index in [2.05, 4.69) is 4.98 Å². The highest BCUT2D eigenvalue weighted by atomic mass is 16.4. The Labute approximate surface area is 122 Å². The summed E-state index contributed by atoms with van der Waals surface area (Å²) < 4.78 is 0. The zero-order valence-electron chi connectivity index (χ0n) is 12.1. The molecule has 0 spiro atoms. The third-order valence-corrected chi connectivity index (χ3v) is 3.14. The Bertz CT molecular complexity index is 690. The van der Waals surface area contributed by atoms with Gasteiger partial charge in [-0.3, -0.25) is 9.78 Å². The molecule has 1 amide bonds. The van der Waals surface area contributed by atoms with Crippen molar-refractivity contribution in [2.75, 3.05) is 11.9 Å². The van der Waals surface area contributed by atoms with E-state index in [1.807, 2.05) is 32.0 Å². The summed E-state index contributed by atoms with van der Waals surface area (Å²) in [6.45, 7) is 3.89. The quantitative estimate of drug-likeness (QED) is 0.940. The van der Waals surface area contributed by atoms with E-state index in [1.165, 1.54) is 23.2 Å². The van der Waals surface area contributed by atoms with E-state index in [4.69, 9.17) is 5.11 Å². The topological polar surface area (TPSA) is 70.5 Å². The van der Waals surface area contributed by atoms with Gasteiger partial charge in [-0.15, -0.1) is 0 Å². The van der Waals surface area contributed by atoms with Crippen LogP contribution in [0.5, 0.6) is 0 Å². The van der Waals surface area contributed by atoms with E-state index in [0.717, 1.165) is 11.1 Å². The standard InChI is InChI=1S/C16H16N2O3/c1-10-7-11(2)9-12(8-10)18(3)15(19)14-13(16(20)21)5-4-6-17-14/h4-9H,1-3H3,(H,20,21). The second-order valence-electron chi connectivity index (χ2n) is 4.91. The van der Waals surface area contributed by atoms with Gasteiger partial charge in [0.15, 0.2) is 0 Å². The number of hydrogen-bond acceptors (Lipinski definition) is 3. The minimum absolute atomic E-state index is 0.0633. The molecule has 1 heterocycles. The molecule has 0 aliphatic heterocycles. The number of anilines is 1. The first-order valence-corrected chi connectivity index (χ1v) is 6.45. The first-order chi connectivity index (χ1) is 9.90. The SMILES string of the molecule is Cc1cc(C)cc(N(C)C(=O)c2ncccc2C(=O)O)c1. The number of amides is 1. The van der Waals surface area contributed by atoms with Crippen LogP contribution in [0.4, 0.5) is 5.69 Å². The van der Waals surface area contributed by atoms with Gasteiger partial charge in [-0.05, 0) is 49.2 Å². The van der Waals surface area contributed by atoms with Crippen molar-refractivity contribution in [3.05, 3.63) is 58.9 Å². The van der Waals surface area contributed by atoms with E-state index in [9.17, 15) is 9.59 Å². The molecule has 5 nitrogen and oxygen atoms in total. The molecule has 0 aliphatic carbocycles. The molecule has 0 fully saturated rings. The zero-order chi connectivity index (χ0) is 15.6. The summed E-state index contributed by atoms with van der Waals surface area (Å²) in [6, 6.07) is 8.61. The van der Waals surface area contributed by atoms with Gasteiger partial charge in [0.2, 0.25) is 0 Å². The third kappa shape index (κ3) is 3.08. The molecule has 0 atom stereocenters. The second kappa shape index (κ2) is 5.75. The van der Waals surface area contributed by atoms with Crippen LogP contribution in [-0.2, 0) is 0 Å². The lowest BCUT2D eigenvalue weighted by atomic mass is 10.1. The van der Waals surface area contributed by atoms with Gasteiger partial charge in [0.05, 0.1) is 5.56 Å². The second-order valence-corrected chi connectivity index (χ2v) is 4.91. The van der Waals surface area contributed by atoms with Crippen molar-refractivity contribution in [1.29, 1.82) is 0 Å². The lowest BCUT2D eigenvalue weighted by Crippen LogP contribution is -2.29. The third-order valence-electron chi connectivity index (χ3n) is 3.14.